The minimum atomic E-state index is -0.237. The van der Waals surface area contributed by atoms with Crippen molar-refractivity contribution in [3.8, 4) is 0 Å². The Morgan fingerprint density at radius 1 is 1.29 bits per heavy atom. The van der Waals surface area contributed by atoms with Crippen LogP contribution in [-0.2, 0) is 4.79 Å². The first-order chi connectivity index (χ1) is 8.23. The van der Waals surface area contributed by atoms with Crippen LogP contribution < -0.4 is 5.32 Å². The molecule has 2 fully saturated rings. The third-order valence-corrected chi connectivity index (χ3v) is 4.62. The Hall–Kier alpha value is -0.570. The van der Waals surface area contributed by atoms with Gasteiger partial charge in [-0.1, -0.05) is 19.8 Å². The summed E-state index contributed by atoms with van der Waals surface area (Å²) in [6.45, 7) is 6.13. The van der Waals surface area contributed by atoms with E-state index in [1.165, 1.54) is 25.7 Å². The molecule has 1 atom stereocenters. The van der Waals surface area contributed by atoms with E-state index in [2.05, 4.69) is 24.1 Å². The molecule has 1 N–H and O–H groups in total. The van der Waals surface area contributed by atoms with Gasteiger partial charge in [-0.3, -0.25) is 4.79 Å². The smallest absolute Gasteiger partial charge is 0.243 e. The summed E-state index contributed by atoms with van der Waals surface area (Å²) in [4.78, 5) is 14.9. The summed E-state index contributed by atoms with van der Waals surface area (Å²) in [6.07, 6.45) is 8.09. The van der Waals surface area contributed by atoms with E-state index in [1.807, 2.05) is 0 Å². The van der Waals surface area contributed by atoms with Crippen LogP contribution in [0.15, 0.2) is 0 Å². The van der Waals surface area contributed by atoms with Gasteiger partial charge in [0.05, 0.1) is 5.54 Å². The van der Waals surface area contributed by atoms with Crippen LogP contribution in [0.5, 0.6) is 0 Å². The second-order valence-electron chi connectivity index (χ2n) is 5.50. The summed E-state index contributed by atoms with van der Waals surface area (Å²) in [5.41, 5.74) is -0.237. The van der Waals surface area contributed by atoms with E-state index < -0.39 is 0 Å². The number of nitrogens with zero attached hydrogens (tertiary/aromatic N) is 1. The van der Waals surface area contributed by atoms with E-state index in [-0.39, 0.29) is 5.54 Å². The molecule has 1 heterocycles. The summed E-state index contributed by atoms with van der Waals surface area (Å²) in [5, 5.41) is 3.47. The van der Waals surface area contributed by atoms with Gasteiger partial charge in [-0.15, -0.1) is 0 Å². The lowest BCUT2D eigenvalue weighted by Crippen LogP contribution is -2.56. The number of nitrogens with one attached hydrogen (secondary N) is 1. The molecule has 1 aliphatic heterocycles. The Kier molecular flexibility index (Phi) is 4.08. The molecule has 1 saturated heterocycles. The van der Waals surface area contributed by atoms with Gasteiger partial charge in [0, 0.05) is 12.6 Å². The maximum absolute atomic E-state index is 12.8. The summed E-state index contributed by atoms with van der Waals surface area (Å²) in [5.74, 6) is 0.368. The van der Waals surface area contributed by atoms with Crippen LogP contribution in [0.4, 0.5) is 0 Å². The van der Waals surface area contributed by atoms with E-state index in [1.54, 1.807) is 0 Å². The van der Waals surface area contributed by atoms with Gasteiger partial charge in [-0.05, 0) is 45.6 Å². The molecule has 98 valence electrons. The van der Waals surface area contributed by atoms with Gasteiger partial charge in [0.25, 0.3) is 0 Å². The molecule has 2 rings (SSSR count). The molecule has 0 aromatic heterocycles. The van der Waals surface area contributed by atoms with Crippen LogP contribution in [0.1, 0.15) is 58.8 Å². The highest BCUT2D eigenvalue weighted by Gasteiger charge is 2.43. The van der Waals surface area contributed by atoms with Gasteiger partial charge in [0.15, 0.2) is 0 Å². The van der Waals surface area contributed by atoms with Gasteiger partial charge in [0.2, 0.25) is 5.91 Å². The molecule has 0 bridgehead atoms. The van der Waals surface area contributed by atoms with Gasteiger partial charge in [-0.2, -0.15) is 0 Å². The van der Waals surface area contributed by atoms with E-state index >= 15 is 0 Å². The first-order valence-corrected chi connectivity index (χ1v) is 7.29. The molecule has 0 aromatic rings. The van der Waals surface area contributed by atoms with Crippen LogP contribution >= 0.6 is 0 Å². The quantitative estimate of drug-likeness (QED) is 0.815. The van der Waals surface area contributed by atoms with Crippen molar-refractivity contribution < 1.29 is 4.79 Å². The topological polar surface area (TPSA) is 32.3 Å². The van der Waals surface area contributed by atoms with Crippen molar-refractivity contribution in [1.82, 2.24) is 10.2 Å². The van der Waals surface area contributed by atoms with Crippen LogP contribution in [0.3, 0.4) is 0 Å². The van der Waals surface area contributed by atoms with Crippen LogP contribution in [0, 0.1) is 0 Å². The van der Waals surface area contributed by atoms with Gasteiger partial charge in [-0.25, -0.2) is 0 Å². The zero-order chi connectivity index (χ0) is 12.3. The maximum Gasteiger partial charge on any atom is 0.243 e. The molecule has 0 spiro atoms. The molecular formula is C14H26N2O. The van der Waals surface area contributed by atoms with Crippen LogP contribution in [0.25, 0.3) is 0 Å². The lowest BCUT2D eigenvalue weighted by molar-refractivity contribution is -0.140. The number of hydrogen-bond acceptors (Lipinski definition) is 2. The third kappa shape index (κ3) is 2.35. The number of amides is 1. The number of hydrogen-bond donors (Lipinski definition) is 1. The average Bonchev–Trinajstić information content (AvgIpc) is 3.01. The molecule has 1 aliphatic carbocycles. The number of likely N-dealkylation sites (N-methyl/N-ethyl adjacent to an activating group) is 1. The largest absolute Gasteiger partial charge is 0.338 e. The predicted octanol–water partition coefficient (Wildman–Crippen LogP) is 2.31. The summed E-state index contributed by atoms with van der Waals surface area (Å²) in [6, 6.07) is 0.512. The molecule has 3 nitrogen and oxygen atoms in total. The molecule has 1 unspecified atom stereocenters. The summed E-state index contributed by atoms with van der Waals surface area (Å²) < 4.78 is 0. The number of carbonyl (C=O) groups is 1. The molecule has 0 aromatic carbocycles. The summed E-state index contributed by atoms with van der Waals surface area (Å²) >= 11 is 0. The molecule has 3 heteroatoms. The second-order valence-corrected chi connectivity index (χ2v) is 5.50. The maximum atomic E-state index is 12.8. The SMILES string of the molecule is CCN(C(=O)C1(CC)CCCN1)C1CCCC1. The standard InChI is InChI=1S/C14H26N2O/c1-3-14(10-7-11-15-14)13(17)16(4-2)12-8-5-6-9-12/h12,15H,3-11H2,1-2H3. The Labute approximate surface area is 105 Å². The first-order valence-electron chi connectivity index (χ1n) is 7.29. The predicted molar refractivity (Wildman–Crippen MR) is 69.9 cm³/mol. The van der Waals surface area contributed by atoms with Gasteiger partial charge >= 0.3 is 0 Å². The average molecular weight is 238 g/mol. The Bertz CT molecular complexity index is 265. The van der Waals surface area contributed by atoms with E-state index in [0.717, 1.165) is 32.4 Å². The Morgan fingerprint density at radius 2 is 2.00 bits per heavy atom. The van der Waals surface area contributed by atoms with Crippen molar-refractivity contribution >= 4 is 5.91 Å². The zero-order valence-corrected chi connectivity index (χ0v) is 11.3. The monoisotopic (exact) mass is 238 g/mol. The molecule has 1 saturated carbocycles. The lowest BCUT2D eigenvalue weighted by Gasteiger charge is -2.37. The Morgan fingerprint density at radius 3 is 2.47 bits per heavy atom. The number of rotatable bonds is 4. The Balaban J connectivity index is 2.09. The van der Waals surface area contributed by atoms with E-state index in [0.29, 0.717) is 11.9 Å². The normalized spacial score (nSPS) is 29.8. The second kappa shape index (κ2) is 5.38. The van der Waals surface area contributed by atoms with Crippen molar-refractivity contribution in [2.75, 3.05) is 13.1 Å². The minimum absolute atomic E-state index is 0.237. The van der Waals surface area contributed by atoms with E-state index in [9.17, 15) is 4.79 Å². The molecule has 2 aliphatic rings. The first kappa shape index (κ1) is 12.9. The molecule has 1 amide bonds. The van der Waals surface area contributed by atoms with Crippen molar-refractivity contribution in [3.63, 3.8) is 0 Å². The van der Waals surface area contributed by atoms with Crippen LogP contribution in [-0.4, -0.2) is 35.5 Å². The minimum Gasteiger partial charge on any atom is -0.338 e. The zero-order valence-electron chi connectivity index (χ0n) is 11.3. The van der Waals surface area contributed by atoms with Gasteiger partial charge < -0.3 is 10.2 Å². The van der Waals surface area contributed by atoms with Crippen molar-refractivity contribution in [1.29, 1.82) is 0 Å². The fraction of sp³-hybridized carbons (Fsp3) is 0.929. The highest BCUT2D eigenvalue weighted by Crippen LogP contribution is 2.30. The van der Waals surface area contributed by atoms with Crippen LogP contribution in [0.2, 0.25) is 0 Å². The number of carbonyl (C=O) groups excluding carboxylic acids is 1. The summed E-state index contributed by atoms with van der Waals surface area (Å²) in [7, 11) is 0. The molecule has 17 heavy (non-hydrogen) atoms. The van der Waals surface area contributed by atoms with Crippen molar-refractivity contribution in [2.24, 2.45) is 0 Å². The molecular weight excluding hydrogens is 212 g/mol. The lowest BCUT2D eigenvalue weighted by atomic mass is 9.91. The highest BCUT2D eigenvalue weighted by atomic mass is 16.2. The fourth-order valence-corrected chi connectivity index (χ4v) is 3.50. The van der Waals surface area contributed by atoms with Crippen molar-refractivity contribution in [3.05, 3.63) is 0 Å². The fourth-order valence-electron chi connectivity index (χ4n) is 3.50. The van der Waals surface area contributed by atoms with Crippen molar-refractivity contribution in [2.45, 2.75) is 70.4 Å². The third-order valence-electron chi connectivity index (χ3n) is 4.62. The van der Waals surface area contributed by atoms with Gasteiger partial charge in [0.1, 0.15) is 0 Å². The molecule has 0 radical (unpaired) electrons. The van der Waals surface area contributed by atoms with E-state index in [4.69, 9.17) is 0 Å². The highest BCUT2D eigenvalue weighted by molar-refractivity contribution is 5.87.